The van der Waals surface area contributed by atoms with Gasteiger partial charge >= 0.3 is 12.2 Å². The summed E-state index contributed by atoms with van der Waals surface area (Å²) in [7, 11) is 0. The molecular weight excluding hydrogens is 363 g/mol. The van der Waals surface area contributed by atoms with Gasteiger partial charge in [-0.3, -0.25) is 14.5 Å². The number of imide groups is 1. The zero-order valence-corrected chi connectivity index (χ0v) is 15.6. The minimum absolute atomic E-state index is 0.0455. The van der Waals surface area contributed by atoms with Crippen molar-refractivity contribution in [3.63, 3.8) is 0 Å². The van der Waals surface area contributed by atoms with Crippen LogP contribution in [0, 0.1) is 11.8 Å². The van der Waals surface area contributed by atoms with Gasteiger partial charge in [0.05, 0.1) is 0 Å². The third-order valence-electron chi connectivity index (χ3n) is 6.26. The van der Waals surface area contributed by atoms with Crippen LogP contribution < -0.4 is 5.32 Å². The molecule has 9 heteroatoms. The van der Waals surface area contributed by atoms with E-state index in [2.05, 4.69) is 5.32 Å². The molecule has 3 fully saturated rings. The first-order valence-corrected chi connectivity index (χ1v) is 9.55. The largest absolute Gasteiger partial charge is 0.406 e. The molecule has 0 aromatic heterocycles. The number of hydrogen-bond donors (Lipinski definition) is 1. The van der Waals surface area contributed by atoms with Crippen LogP contribution >= 0.6 is 0 Å². The first-order chi connectivity index (χ1) is 12.5. The molecule has 2 aliphatic carbocycles. The average molecular weight is 389 g/mol. The number of carbonyl (C=O) groups is 3. The van der Waals surface area contributed by atoms with E-state index in [4.69, 9.17) is 0 Å². The molecule has 152 valence electrons. The lowest BCUT2D eigenvalue weighted by molar-refractivity contribution is -0.166. The molecule has 0 unspecified atom stereocenters. The predicted octanol–water partition coefficient (Wildman–Crippen LogP) is 2.68. The molecule has 2 saturated carbocycles. The van der Waals surface area contributed by atoms with Gasteiger partial charge in [0.25, 0.3) is 5.91 Å². The lowest BCUT2D eigenvalue weighted by Crippen LogP contribution is -2.54. The number of carbonyl (C=O) groups excluding carboxylic acids is 3. The predicted molar refractivity (Wildman–Crippen MR) is 90.6 cm³/mol. The lowest BCUT2D eigenvalue weighted by atomic mass is 9.73. The molecule has 0 aromatic rings. The van der Waals surface area contributed by atoms with E-state index in [1.807, 2.05) is 6.92 Å². The number of amides is 4. The van der Waals surface area contributed by atoms with Crippen molar-refractivity contribution in [2.24, 2.45) is 11.8 Å². The fourth-order valence-electron chi connectivity index (χ4n) is 4.35. The van der Waals surface area contributed by atoms with E-state index in [1.54, 1.807) is 6.92 Å². The van der Waals surface area contributed by atoms with Crippen LogP contribution in [0.1, 0.15) is 52.4 Å². The molecule has 3 rings (SSSR count). The molecule has 0 aromatic carbocycles. The van der Waals surface area contributed by atoms with Gasteiger partial charge in [0.2, 0.25) is 5.91 Å². The number of rotatable bonds is 5. The van der Waals surface area contributed by atoms with Crippen molar-refractivity contribution < 1.29 is 27.6 Å². The molecule has 0 radical (unpaired) electrons. The second-order valence-corrected chi connectivity index (χ2v) is 8.15. The van der Waals surface area contributed by atoms with Gasteiger partial charge in [0.1, 0.15) is 18.6 Å². The molecule has 1 saturated heterocycles. The summed E-state index contributed by atoms with van der Waals surface area (Å²) in [6.07, 6.45) is 0.0650. The Kier molecular flexibility index (Phi) is 5.16. The van der Waals surface area contributed by atoms with Crippen molar-refractivity contribution in [1.82, 2.24) is 15.1 Å². The first-order valence-electron chi connectivity index (χ1n) is 9.55. The van der Waals surface area contributed by atoms with E-state index in [0.29, 0.717) is 6.42 Å². The van der Waals surface area contributed by atoms with Crippen LogP contribution in [-0.4, -0.2) is 58.5 Å². The van der Waals surface area contributed by atoms with Crippen LogP contribution in [-0.2, 0) is 9.59 Å². The van der Waals surface area contributed by atoms with Crippen LogP contribution in [0.15, 0.2) is 0 Å². The molecule has 1 aliphatic heterocycles. The van der Waals surface area contributed by atoms with E-state index < -0.39 is 48.7 Å². The number of nitrogens with zero attached hydrogens (tertiary/aromatic N) is 2. The first kappa shape index (κ1) is 19.9. The summed E-state index contributed by atoms with van der Waals surface area (Å²) in [6.45, 7) is 1.46. The standard InChI is InChI=1S/C18H26F3N3O3/c1-11-5-3-4-8-17(11)15(26)23(16(27)22-17)9-14(25)24(10-18(19,20)21)12(2)13-6-7-13/h11-13H,3-10H2,1-2H3,(H,22,27)/t11-,12-,17+/m1/s1. The number of urea groups is 1. The maximum Gasteiger partial charge on any atom is 0.406 e. The Morgan fingerprint density at radius 2 is 1.96 bits per heavy atom. The fourth-order valence-corrected chi connectivity index (χ4v) is 4.35. The van der Waals surface area contributed by atoms with Gasteiger partial charge in [-0.25, -0.2) is 4.79 Å². The summed E-state index contributed by atoms with van der Waals surface area (Å²) >= 11 is 0. The maximum absolute atomic E-state index is 13.0. The van der Waals surface area contributed by atoms with Gasteiger partial charge < -0.3 is 10.2 Å². The van der Waals surface area contributed by atoms with Crippen molar-refractivity contribution >= 4 is 17.8 Å². The SMILES string of the molecule is C[C@H](C1CC1)N(CC(F)(F)F)C(=O)CN1C(=O)N[C@]2(CCCC[C@H]2C)C1=O. The van der Waals surface area contributed by atoms with Gasteiger partial charge in [-0.2, -0.15) is 13.2 Å². The summed E-state index contributed by atoms with van der Waals surface area (Å²) in [5, 5.41) is 2.72. The molecule has 4 amide bonds. The number of halogens is 3. The molecule has 1 spiro atoms. The Bertz CT molecular complexity index is 635. The summed E-state index contributed by atoms with van der Waals surface area (Å²) in [5.74, 6) is -1.35. The van der Waals surface area contributed by atoms with E-state index in [9.17, 15) is 27.6 Å². The Hall–Kier alpha value is -1.80. The van der Waals surface area contributed by atoms with Crippen LogP contribution in [0.5, 0.6) is 0 Å². The van der Waals surface area contributed by atoms with E-state index in [0.717, 1.165) is 41.9 Å². The van der Waals surface area contributed by atoms with Gasteiger partial charge in [0.15, 0.2) is 0 Å². The molecule has 6 nitrogen and oxygen atoms in total. The van der Waals surface area contributed by atoms with Crippen molar-refractivity contribution in [3.8, 4) is 0 Å². The topological polar surface area (TPSA) is 69.7 Å². The van der Waals surface area contributed by atoms with E-state index in [-0.39, 0.29) is 11.8 Å². The fraction of sp³-hybridized carbons (Fsp3) is 0.833. The Balaban J connectivity index is 1.74. The molecular formula is C18H26F3N3O3. The highest BCUT2D eigenvalue weighted by atomic mass is 19.4. The van der Waals surface area contributed by atoms with Gasteiger partial charge in [-0.15, -0.1) is 0 Å². The van der Waals surface area contributed by atoms with Crippen molar-refractivity contribution in [2.45, 2.75) is 70.1 Å². The lowest BCUT2D eigenvalue weighted by Gasteiger charge is -2.37. The second kappa shape index (κ2) is 6.98. The highest BCUT2D eigenvalue weighted by Crippen LogP contribution is 2.39. The average Bonchev–Trinajstić information content (AvgIpc) is 3.39. The normalized spacial score (nSPS) is 29.8. The smallest absolute Gasteiger partial charge is 0.329 e. The number of hydrogen-bond acceptors (Lipinski definition) is 3. The molecule has 3 aliphatic rings. The van der Waals surface area contributed by atoms with Crippen LogP contribution in [0.2, 0.25) is 0 Å². The van der Waals surface area contributed by atoms with Gasteiger partial charge in [0, 0.05) is 6.04 Å². The van der Waals surface area contributed by atoms with E-state index in [1.165, 1.54) is 0 Å². The highest BCUT2D eigenvalue weighted by Gasteiger charge is 2.55. The Labute approximate surface area is 156 Å². The Morgan fingerprint density at radius 3 is 2.52 bits per heavy atom. The molecule has 0 bridgehead atoms. The minimum atomic E-state index is -4.53. The Morgan fingerprint density at radius 1 is 1.30 bits per heavy atom. The van der Waals surface area contributed by atoms with Crippen LogP contribution in [0.3, 0.4) is 0 Å². The third kappa shape index (κ3) is 3.91. The molecule has 1 N–H and O–H groups in total. The van der Waals surface area contributed by atoms with Crippen molar-refractivity contribution in [1.29, 1.82) is 0 Å². The summed E-state index contributed by atoms with van der Waals surface area (Å²) in [6, 6.07) is -1.25. The minimum Gasteiger partial charge on any atom is -0.329 e. The van der Waals surface area contributed by atoms with Crippen LogP contribution in [0.4, 0.5) is 18.0 Å². The van der Waals surface area contributed by atoms with Gasteiger partial charge in [-0.1, -0.05) is 19.8 Å². The summed E-state index contributed by atoms with van der Waals surface area (Å²) < 4.78 is 38.9. The van der Waals surface area contributed by atoms with Crippen LogP contribution in [0.25, 0.3) is 0 Å². The van der Waals surface area contributed by atoms with Gasteiger partial charge in [-0.05, 0) is 44.4 Å². The summed E-state index contributed by atoms with van der Waals surface area (Å²) in [4.78, 5) is 39.5. The second-order valence-electron chi connectivity index (χ2n) is 8.15. The number of nitrogens with one attached hydrogen (secondary N) is 1. The molecule has 1 heterocycles. The monoisotopic (exact) mass is 389 g/mol. The van der Waals surface area contributed by atoms with E-state index >= 15 is 0 Å². The zero-order chi connectivity index (χ0) is 20.0. The quantitative estimate of drug-likeness (QED) is 0.735. The third-order valence-corrected chi connectivity index (χ3v) is 6.26. The molecule has 3 atom stereocenters. The zero-order valence-electron chi connectivity index (χ0n) is 15.6. The molecule has 27 heavy (non-hydrogen) atoms. The summed E-state index contributed by atoms with van der Waals surface area (Å²) in [5.41, 5.74) is -1.02. The van der Waals surface area contributed by atoms with Crippen molar-refractivity contribution in [3.05, 3.63) is 0 Å². The maximum atomic E-state index is 13.0. The number of alkyl halides is 3. The highest BCUT2D eigenvalue weighted by molar-refractivity contribution is 6.09. The van der Waals surface area contributed by atoms with Crippen molar-refractivity contribution in [2.75, 3.05) is 13.1 Å².